The highest BCUT2D eigenvalue weighted by Crippen LogP contribution is 2.18. The fourth-order valence-corrected chi connectivity index (χ4v) is 3.54. The zero-order valence-corrected chi connectivity index (χ0v) is 19.5. The fourth-order valence-electron chi connectivity index (χ4n) is 3.54. The lowest BCUT2D eigenvalue weighted by Crippen LogP contribution is -2.41. The Morgan fingerprint density at radius 3 is 2.41 bits per heavy atom. The summed E-state index contributed by atoms with van der Waals surface area (Å²) in [6.07, 6.45) is -0.0131. The third kappa shape index (κ3) is 7.73. The van der Waals surface area contributed by atoms with Gasteiger partial charge in [-0.2, -0.15) is 0 Å². The molecule has 1 fully saturated rings. The lowest BCUT2D eigenvalue weighted by Gasteiger charge is -2.27. The average molecular weight is 441 g/mol. The van der Waals surface area contributed by atoms with Crippen LogP contribution >= 0.6 is 0 Å². The van der Waals surface area contributed by atoms with Gasteiger partial charge in [0.25, 0.3) is 0 Å². The smallest absolute Gasteiger partial charge is 0.191 e. The van der Waals surface area contributed by atoms with Crippen LogP contribution in [0.1, 0.15) is 25.0 Å². The van der Waals surface area contributed by atoms with Gasteiger partial charge in [0.15, 0.2) is 5.96 Å². The maximum Gasteiger partial charge on any atom is 0.191 e. The third-order valence-electron chi connectivity index (χ3n) is 5.32. The molecule has 1 unspecified atom stereocenters. The van der Waals surface area contributed by atoms with Gasteiger partial charge in [-0.15, -0.1) is 0 Å². The minimum atomic E-state index is -0.0131. The highest BCUT2D eigenvalue weighted by molar-refractivity contribution is 5.79. The molecule has 0 amide bonds. The number of nitrogens with zero attached hydrogens (tertiary/aromatic N) is 2. The van der Waals surface area contributed by atoms with Crippen LogP contribution in [-0.4, -0.2) is 63.5 Å². The van der Waals surface area contributed by atoms with Crippen LogP contribution in [0, 0.1) is 0 Å². The number of aliphatic imine (C=N–C) groups is 1. The summed E-state index contributed by atoms with van der Waals surface area (Å²) in [6.45, 7) is 10.7. The standard InChI is InChI=1S/C25H36N4O3/c1-4-26-25(27-17-20(2)32-24-11-9-23(30-3)10-12-24)28-18-21-7-5-6-8-22(21)19-29-13-15-31-16-14-29/h5-12,20H,4,13-19H2,1-3H3,(H2,26,27,28). The zero-order chi connectivity index (χ0) is 22.6. The quantitative estimate of drug-likeness (QED) is 0.437. The second-order valence-electron chi connectivity index (χ2n) is 7.84. The number of methoxy groups -OCH3 is 1. The second kappa shape index (κ2) is 12.9. The van der Waals surface area contributed by atoms with Crippen molar-refractivity contribution in [2.75, 3.05) is 46.5 Å². The van der Waals surface area contributed by atoms with E-state index in [0.29, 0.717) is 13.1 Å². The van der Waals surface area contributed by atoms with Crippen molar-refractivity contribution in [3.05, 3.63) is 59.7 Å². The van der Waals surface area contributed by atoms with Crippen LogP contribution in [0.3, 0.4) is 0 Å². The van der Waals surface area contributed by atoms with E-state index < -0.39 is 0 Å². The topological polar surface area (TPSA) is 67.4 Å². The molecule has 0 aromatic heterocycles. The first-order chi connectivity index (χ1) is 15.7. The minimum absolute atomic E-state index is 0.0131. The Hall–Kier alpha value is -2.77. The van der Waals surface area contributed by atoms with Crippen LogP contribution in [0.2, 0.25) is 0 Å². The first-order valence-corrected chi connectivity index (χ1v) is 11.4. The summed E-state index contributed by atoms with van der Waals surface area (Å²) in [4.78, 5) is 7.26. The molecule has 0 saturated carbocycles. The second-order valence-corrected chi connectivity index (χ2v) is 7.84. The molecule has 1 saturated heterocycles. The molecule has 2 aromatic carbocycles. The van der Waals surface area contributed by atoms with E-state index in [9.17, 15) is 0 Å². The number of hydrogen-bond donors (Lipinski definition) is 2. The van der Waals surface area contributed by atoms with Gasteiger partial charge in [0, 0.05) is 26.2 Å². The Labute approximate surface area is 191 Å². The van der Waals surface area contributed by atoms with Gasteiger partial charge in [-0.05, 0) is 49.2 Å². The molecule has 7 heteroatoms. The molecule has 1 aliphatic heterocycles. The van der Waals surface area contributed by atoms with Crippen LogP contribution in [0.5, 0.6) is 11.5 Å². The minimum Gasteiger partial charge on any atom is -0.497 e. The Bertz CT molecular complexity index is 835. The molecule has 1 aliphatic rings. The van der Waals surface area contributed by atoms with Gasteiger partial charge in [0.2, 0.25) is 0 Å². The molecule has 3 rings (SSSR count). The number of guanidine groups is 1. The van der Waals surface area contributed by atoms with E-state index in [-0.39, 0.29) is 6.10 Å². The van der Waals surface area contributed by atoms with E-state index in [1.54, 1.807) is 7.11 Å². The maximum absolute atomic E-state index is 5.99. The van der Waals surface area contributed by atoms with Gasteiger partial charge < -0.3 is 24.8 Å². The van der Waals surface area contributed by atoms with E-state index in [0.717, 1.165) is 56.9 Å². The molecule has 0 aliphatic carbocycles. The number of morpholine rings is 1. The Balaban J connectivity index is 1.55. The van der Waals surface area contributed by atoms with Gasteiger partial charge >= 0.3 is 0 Å². The molecule has 0 bridgehead atoms. The first-order valence-electron chi connectivity index (χ1n) is 11.4. The Kier molecular flexibility index (Phi) is 9.65. The number of hydrogen-bond acceptors (Lipinski definition) is 5. The molecule has 0 radical (unpaired) electrons. The molecular formula is C25H36N4O3. The maximum atomic E-state index is 5.99. The molecule has 1 heterocycles. The molecule has 2 aromatic rings. The molecule has 7 nitrogen and oxygen atoms in total. The molecule has 32 heavy (non-hydrogen) atoms. The molecular weight excluding hydrogens is 404 g/mol. The van der Waals surface area contributed by atoms with E-state index >= 15 is 0 Å². The number of benzene rings is 2. The highest BCUT2D eigenvalue weighted by Gasteiger charge is 2.13. The lowest BCUT2D eigenvalue weighted by molar-refractivity contribution is 0.0341. The van der Waals surface area contributed by atoms with E-state index in [4.69, 9.17) is 19.2 Å². The van der Waals surface area contributed by atoms with Crippen LogP contribution in [0.15, 0.2) is 53.5 Å². The van der Waals surface area contributed by atoms with Crippen molar-refractivity contribution in [1.82, 2.24) is 15.5 Å². The average Bonchev–Trinajstić information content (AvgIpc) is 2.83. The molecule has 1 atom stereocenters. The summed E-state index contributed by atoms with van der Waals surface area (Å²) in [5, 5.41) is 6.72. The fraction of sp³-hybridized carbons (Fsp3) is 0.480. The van der Waals surface area contributed by atoms with Gasteiger partial charge in [-0.3, -0.25) is 4.90 Å². The number of ether oxygens (including phenoxy) is 3. The molecule has 2 N–H and O–H groups in total. The summed E-state index contributed by atoms with van der Waals surface area (Å²) in [5.74, 6) is 2.43. The lowest BCUT2D eigenvalue weighted by atomic mass is 10.1. The highest BCUT2D eigenvalue weighted by atomic mass is 16.5. The predicted octanol–water partition coefficient (Wildman–Crippen LogP) is 3.05. The summed E-state index contributed by atoms with van der Waals surface area (Å²) in [5.41, 5.74) is 2.57. The van der Waals surface area contributed by atoms with E-state index in [2.05, 4.69) is 46.7 Å². The summed E-state index contributed by atoms with van der Waals surface area (Å²) >= 11 is 0. The predicted molar refractivity (Wildman–Crippen MR) is 128 cm³/mol. The summed E-state index contributed by atoms with van der Waals surface area (Å²) in [6, 6.07) is 16.2. The van der Waals surface area contributed by atoms with Crippen molar-refractivity contribution < 1.29 is 14.2 Å². The Morgan fingerprint density at radius 2 is 1.72 bits per heavy atom. The van der Waals surface area contributed by atoms with Crippen molar-refractivity contribution >= 4 is 5.96 Å². The first kappa shape index (κ1) is 23.9. The van der Waals surface area contributed by atoms with E-state index in [1.165, 1.54) is 11.1 Å². The number of rotatable bonds is 10. The van der Waals surface area contributed by atoms with Gasteiger partial charge in [-0.1, -0.05) is 24.3 Å². The van der Waals surface area contributed by atoms with Crippen LogP contribution in [-0.2, 0) is 17.8 Å². The van der Waals surface area contributed by atoms with Crippen molar-refractivity contribution in [1.29, 1.82) is 0 Å². The largest absolute Gasteiger partial charge is 0.497 e. The van der Waals surface area contributed by atoms with Crippen molar-refractivity contribution in [2.24, 2.45) is 4.99 Å². The van der Waals surface area contributed by atoms with Crippen LogP contribution in [0.4, 0.5) is 0 Å². The number of nitrogens with one attached hydrogen (secondary N) is 2. The van der Waals surface area contributed by atoms with Crippen molar-refractivity contribution in [2.45, 2.75) is 33.0 Å². The van der Waals surface area contributed by atoms with Gasteiger partial charge in [-0.25, -0.2) is 4.99 Å². The molecule has 0 spiro atoms. The SMILES string of the molecule is CCNC(=NCc1ccccc1CN1CCOCC1)NCC(C)Oc1ccc(OC)cc1. The van der Waals surface area contributed by atoms with Crippen molar-refractivity contribution in [3.63, 3.8) is 0 Å². The normalized spacial score (nSPS) is 15.8. The van der Waals surface area contributed by atoms with Crippen molar-refractivity contribution in [3.8, 4) is 11.5 Å². The van der Waals surface area contributed by atoms with E-state index in [1.807, 2.05) is 31.2 Å². The third-order valence-corrected chi connectivity index (χ3v) is 5.32. The zero-order valence-electron chi connectivity index (χ0n) is 19.5. The van der Waals surface area contributed by atoms with Gasteiger partial charge in [0.1, 0.15) is 17.6 Å². The van der Waals surface area contributed by atoms with Crippen LogP contribution in [0.25, 0.3) is 0 Å². The van der Waals surface area contributed by atoms with Gasteiger partial charge in [0.05, 0.1) is 33.4 Å². The summed E-state index contributed by atoms with van der Waals surface area (Å²) in [7, 11) is 1.66. The Morgan fingerprint density at radius 1 is 1.03 bits per heavy atom. The molecule has 174 valence electrons. The van der Waals surface area contributed by atoms with Crippen LogP contribution < -0.4 is 20.1 Å². The summed E-state index contributed by atoms with van der Waals surface area (Å²) < 4.78 is 16.7. The monoisotopic (exact) mass is 440 g/mol.